The molecule has 0 bridgehead atoms. The molecule has 4 heteroatoms. The average Bonchev–Trinajstić information content (AvgIpc) is 2.48. The maximum atomic E-state index is 10.8. The monoisotopic (exact) mass is 362 g/mol. The van der Waals surface area contributed by atoms with Crippen LogP contribution >= 0.6 is 15.9 Å². The molecule has 0 unspecified atom stereocenters. The summed E-state index contributed by atoms with van der Waals surface area (Å²) in [5.41, 5.74) is 3.51. The minimum atomic E-state index is -0.918. The van der Waals surface area contributed by atoms with Crippen LogP contribution in [0.3, 0.4) is 0 Å². The Morgan fingerprint density at radius 3 is 2.41 bits per heavy atom. The third-order valence-electron chi connectivity index (χ3n) is 3.51. The molecular formula is C18H19BrO3. The molecule has 0 aliphatic rings. The zero-order chi connectivity index (χ0) is 16.3. The van der Waals surface area contributed by atoms with Gasteiger partial charge in [-0.2, -0.15) is 0 Å². The van der Waals surface area contributed by atoms with Gasteiger partial charge in [-0.05, 0) is 53.8 Å². The van der Waals surface area contributed by atoms with Crippen molar-refractivity contribution in [3.8, 4) is 5.75 Å². The van der Waals surface area contributed by atoms with Gasteiger partial charge in [0.25, 0.3) is 0 Å². The van der Waals surface area contributed by atoms with E-state index in [0.29, 0.717) is 12.5 Å². The van der Waals surface area contributed by atoms with Gasteiger partial charge in [0.15, 0.2) is 0 Å². The summed E-state index contributed by atoms with van der Waals surface area (Å²) < 4.78 is 7.03. The molecular weight excluding hydrogens is 344 g/mol. The van der Waals surface area contributed by atoms with Crippen molar-refractivity contribution < 1.29 is 14.6 Å². The highest BCUT2D eigenvalue weighted by atomic mass is 79.9. The van der Waals surface area contributed by atoms with E-state index in [2.05, 4.69) is 35.8 Å². The molecule has 2 rings (SSSR count). The Hall–Kier alpha value is -1.81. The van der Waals surface area contributed by atoms with Crippen molar-refractivity contribution in [1.82, 2.24) is 0 Å². The number of carbonyl (C=O) groups is 1. The summed E-state index contributed by atoms with van der Waals surface area (Å²) in [6.07, 6.45) is 0. The molecule has 0 saturated heterocycles. The molecule has 2 aromatic carbocycles. The van der Waals surface area contributed by atoms with Crippen LogP contribution < -0.4 is 4.74 Å². The van der Waals surface area contributed by atoms with Gasteiger partial charge in [0.1, 0.15) is 12.4 Å². The highest BCUT2D eigenvalue weighted by molar-refractivity contribution is 9.10. The number of aromatic carboxylic acids is 1. The lowest BCUT2D eigenvalue weighted by atomic mass is 10.0. The molecule has 0 spiro atoms. The van der Waals surface area contributed by atoms with Crippen LogP contribution in [-0.2, 0) is 6.61 Å². The summed E-state index contributed by atoms with van der Waals surface area (Å²) in [6, 6.07) is 10.9. The number of carboxylic acids is 1. The topological polar surface area (TPSA) is 46.5 Å². The van der Waals surface area contributed by atoms with Crippen LogP contribution in [0.25, 0.3) is 0 Å². The first-order valence-corrected chi connectivity index (χ1v) is 7.93. The average molecular weight is 363 g/mol. The second-order valence-electron chi connectivity index (χ2n) is 5.58. The lowest BCUT2D eigenvalue weighted by Crippen LogP contribution is -2.02. The van der Waals surface area contributed by atoms with Crippen LogP contribution in [0.15, 0.2) is 40.9 Å². The van der Waals surface area contributed by atoms with E-state index in [0.717, 1.165) is 26.9 Å². The molecule has 0 heterocycles. The van der Waals surface area contributed by atoms with Crippen LogP contribution in [0.5, 0.6) is 5.75 Å². The number of carboxylic acid groups (broad SMARTS) is 1. The molecule has 1 N–H and O–H groups in total. The van der Waals surface area contributed by atoms with E-state index >= 15 is 0 Å². The summed E-state index contributed by atoms with van der Waals surface area (Å²) >= 11 is 3.55. The first kappa shape index (κ1) is 16.6. The highest BCUT2D eigenvalue weighted by Crippen LogP contribution is 2.32. The van der Waals surface area contributed by atoms with Crippen molar-refractivity contribution in [3.63, 3.8) is 0 Å². The standard InChI is InChI=1S/C18H19BrO3/c1-11(2)15-9-16(19)12(3)8-17(15)22-10-13-4-6-14(7-5-13)18(20)21/h4-9,11H,10H2,1-3H3,(H,20,21). The van der Waals surface area contributed by atoms with Crippen LogP contribution in [0.2, 0.25) is 0 Å². The van der Waals surface area contributed by atoms with Crippen molar-refractivity contribution in [1.29, 1.82) is 0 Å². The second-order valence-corrected chi connectivity index (χ2v) is 6.44. The largest absolute Gasteiger partial charge is 0.489 e. The summed E-state index contributed by atoms with van der Waals surface area (Å²) in [5.74, 6) is 0.317. The Labute approximate surface area is 139 Å². The predicted octanol–water partition coefficient (Wildman–Crippen LogP) is 5.16. The molecule has 0 amide bonds. The smallest absolute Gasteiger partial charge is 0.335 e. The third-order valence-corrected chi connectivity index (χ3v) is 4.36. The normalized spacial score (nSPS) is 10.8. The number of halogens is 1. The van der Waals surface area contributed by atoms with E-state index in [1.165, 1.54) is 0 Å². The fourth-order valence-corrected chi connectivity index (χ4v) is 2.51. The van der Waals surface area contributed by atoms with E-state index < -0.39 is 5.97 Å². The van der Waals surface area contributed by atoms with Crippen LogP contribution in [0.1, 0.15) is 46.8 Å². The Bertz CT molecular complexity index is 675. The number of hydrogen-bond acceptors (Lipinski definition) is 2. The quantitative estimate of drug-likeness (QED) is 0.798. The van der Waals surface area contributed by atoms with Gasteiger partial charge in [0.2, 0.25) is 0 Å². The van der Waals surface area contributed by atoms with Gasteiger partial charge in [0.05, 0.1) is 5.56 Å². The van der Waals surface area contributed by atoms with Crippen LogP contribution in [0.4, 0.5) is 0 Å². The molecule has 0 aliphatic heterocycles. The van der Waals surface area contributed by atoms with E-state index in [-0.39, 0.29) is 5.56 Å². The SMILES string of the molecule is Cc1cc(OCc2ccc(C(=O)O)cc2)c(C(C)C)cc1Br. The Morgan fingerprint density at radius 1 is 1.23 bits per heavy atom. The summed E-state index contributed by atoms with van der Waals surface area (Å²) in [7, 11) is 0. The molecule has 0 saturated carbocycles. The highest BCUT2D eigenvalue weighted by Gasteiger charge is 2.11. The van der Waals surface area contributed by atoms with Crippen molar-refractivity contribution in [2.75, 3.05) is 0 Å². The number of rotatable bonds is 5. The minimum absolute atomic E-state index is 0.283. The zero-order valence-electron chi connectivity index (χ0n) is 12.9. The predicted molar refractivity (Wildman–Crippen MR) is 90.7 cm³/mol. The van der Waals surface area contributed by atoms with Crippen molar-refractivity contribution in [2.45, 2.75) is 33.3 Å². The summed E-state index contributed by atoms with van der Waals surface area (Å²) in [5, 5.41) is 8.90. The van der Waals surface area contributed by atoms with Gasteiger partial charge in [-0.1, -0.05) is 41.9 Å². The number of aryl methyl sites for hydroxylation is 1. The fourth-order valence-electron chi connectivity index (χ4n) is 2.15. The second kappa shape index (κ2) is 6.97. The number of benzene rings is 2. The molecule has 3 nitrogen and oxygen atoms in total. The molecule has 22 heavy (non-hydrogen) atoms. The molecule has 0 radical (unpaired) electrons. The molecule has 0 atom stereocenters. The number of ether oxygens (including phenoxy) is 1. The van der Waals surface area contributed by atoms with Gasteiger partial charge in [-0.3, -0.25) is 0 Å². The van der Waals surface area contributed by atoms with Gasteiger partial charge >= 0.3 is 5.97 Å². The minimum Gasteiger partial charge on any atom is -0.489 e. The van der Waals surface area contributed by atoms with Crippen molar-refractivity contribution in [2.24, 2.45) is 0 Å². The number of hydrogen-bond donors (Lipinski definition) is 1. The maximum absolute atomic E-state index is 10.8. The van der Waals surface area contributed by atoms with Gasteiger partial charge in [-0.15, -0.1) is 0 Å². The van der Waals surface area contributed by atoms with Gasteiger partial charge in [0, 0.05) is 4.47 Å². The fraction of sp³-hybridized carbons (Fsp3) is 0.278. The molecule has 116 valence electrons. The Balaban J connectivity index is 2.17. The molecule has 0 aromatic heterocycles. The van der Waals surface area contributed by atoms with Crippen LogP contribution in [0, 0.1) is 6.92 Å². The van der Waals surface area contributed by atoms with Crippen molar-refractivity contribution in [3.05, 3.63) is 63.1 Å². The van der Waals surface area contributed by atoms with Gasteiger partial charge < -0.3 is 9.84 Å². The first-order chi connectivity index (χ1) is 10.4. The van der Waals surface area contributed by atoms with E-state index in [1.807, 2.05) is 13.0 Å². The van der Waals surface area contributed by atoms with E-state index in [1.54, 1.807) is 24.3 Å². The van der Waals surface area contributed by atoms with Crippen molar-refractivity contribution >= 4 is 21.9 Å². The molecule has 0 aliphatic carbocycles. The Kier molecular flexibility index (Phi) is 5.24. The molecule has 2 aromatic rings. The maximum Gasteiger partial charge on any atom is 0.335 e. The van der Waals surface area contributed by atoms with E-state index in [9.17, 15) is 4.79 Å². The van der Waals surface area contributed by atoms with E-state index in [4.69, 9.17) is 9.84 Å². The molecule has 0 fully saturated rings. The van der Waals surface area contributed by atoms with Crippen LogP contribution in [-0.4, -0.2) is 11.1 Å². The lowest BCUT2D eigenvalue weighted by molar-refractivity contribution is 0.0697. The lowest BCUT2D eigenvalue weighted by Gasteiger charge is -2.16. The first-order valence-electron chi connectivity index (χ1n) is 7.13. The van der Waals surface area contributed by atoms with Gasteiger partial charge in [-0.25, -0.2) is 4.79 Å². The summed E-state index contributed by atoms with van der Waals surface area (Å²) in [6.45, 7) is 6.71. The Morgan fingerprint density at radius 2 is 1.86 bits per heavy atom. The summed E-state index contributed by atoms with van der Waals surface area (Å²) in [4.78, 5) is 10.8. The zero-order valence-corrected chi connectivity index (χ0v) is 14.5. The third kappa shape index (κ3) is 3.89.